The summed E-state index contributed by atoms with van der Waals surface area (Å²) in [7, 11) is 0. The Balaban J connectivity index is 2.22. The number of rotatable bonds is 2. The maximum absolute atomic E-state index is 6.41. The Morgan fingerprint density at radius 2 is 1.90 bits per heavy atom. The van der Waals surface area contributed by atoms with Gasteiger partial charge in [0, 0.05) is 11.1 Å². The Morgan fingerprint density at radius 3 is 2.55 bits per heavy atom. The number of fused-ring (bicyclic) bond motifs is 3. The first-order chi connectivity index (χ1) is 9.51. The van der Waals surface area contributed by atoms with Gasteiger partial charge in [-0.05, 0) is 72.3 Å². The third-order valence-electron chi connectivity index (χ3n) is 5.09. The molecule has 0 heterocycles. The van der Waals surface area contributed by atoms with Crippen LogP contribution in [0.25, 0.3) is 11.6 Å². The van der Waals surface area contributed by atoms with Gasteiger partial charge in [0.05, 0.1) is 0 Å². The van der Waals surface area contributed by atoms with Crippen molar-refractivity contribution in [1.82, 2.24) is 0 Å². The molecule has 0 bridgehead atoms. The highest BCUT2D eigenvalue weighted by molar-refractivity contribution is 5.98. The Kier molecular flexibility index (Phi) is 2.89. The van der Waals surface area contributed by atoms with E-state index in [-0.39, 0.29) is 5.41 Å². The van der Waals surface area contributed by atoms with Crippen LogP contribution >= 0.6 is 0 Å². The summed E-state index contributed by atoms with van der Waals surface area (Å²) in [4.78, 5) is 0. The molecule has 0 spiro atoms. The maximum atomic E-state index is 6.41. The Hall–Kier alpha value is -1.76. The fourth-order valence-electron chi connectivity index (χ4n) is 3.43. The van der Waals surface area contributed by atoms with Gasteiger partial charge < -0.3 is 5.73 Å². The highest BCUT2D eigenvalue weighted by atomic mass is 14.7. The molecule has 104 valence electrons. The highest BCUT2D eigenvalue weighted by Gasteiger charge is 2.39. The topological polar surface area (TPSA) is 26.0 Å². The van der Waals surface area contributed by atoms with Crippen LogP contribution in [-0.2, 0) is 6.42 Å². The van der Waals surface area contributed by atoms with Crippen LogP contribution < -0.4 is 5.73 Å². The summed E-state index contributed by atoms with van der Waals surface area (Å²) in [5.74, 6) is 0. The molecule has 1 nitrogen and oxygen atoms in total. The summed E-state index contributed by atoms with van der Waals surface area (Å²) in [6.07, 6.45) is 6.72. The minimum atomic E-state index is -0.0282. The largest absolute Gasteiger partial charge is 0.401 e. The predicted octanol–water partition coefficient (Wildman–Crippen LogP) is 4.69. The van der Waals surface area contributed by atoms with Crippen molar-refractivity contribution < 1.29 is 0 Å². The average Bonchev–Trinajstić information content (AvgIpc) is 2.83. The first-order valence-electron chi connectivity index (χ1n) is 7.55. The lowest BCUT2D eigenvalue weighted by molar-refractivity contribution is 0.466. The van der Waals surface area contributed by atoms with Crippen molar-refractivity contribution in [3.63, 3.8) is 0 Å². The minimum absolute atomic E-state index is 0.0282. The Bertz CT molecular complexity index is 673. The van der Waals surface area contributed by atoms with Crippen LogP contribution in [0.4, 0.5) is 0 Å². The number of hydrogen-bond acceptors (Lipinski definition) is 1. The quantitative estimate of drug-likeness (QED) is 0.824. The molecular formula is C19H23N. The molecule has 1 unspecified atom stereocenters. The van der Waals surface area contributed by atoms with Gasteiger partial charge in [-0.2, -0.15) is 0 Å². The van der Waals surface area contributed by atoms with Crippen LogP contribution in [-0.4, -0.2) is 0 Å². The van der Waals surface area contributed by atoms with Crippen molar-refractivity contribution in [2.45, 2.75) is 40.5 Å². The molecule has 0 saturated carbocycles. The van der Waals surface area contributed by atoms with E-state index >= 15 is 0 Å². The molecule has 2 aliphatic rings. The number of nitrogens with two attached hydrogens (primary N) is 1. The second-order valence-electron chi connectivity index (χ2n) is 6.17. The lowest BCUT2D eigenvalue weighted by Gasteiger charge is -2.36. The van der Waals surface area contributed by atoms with E-state index in [1.54, 1.807) is 0 Å². The standard InChI is InChI=1S/C19H23N/c1-5-13-7-8-14-11-17-16(15(14)10-13)9-12(3)18(20)19(17,4)6-2/h7-11H,5-6,20H2,1-4H3. The first kappa shape index (κ1) is 13.2. The zero-order valence-corrected chi connectivity index (χ0v) is 12.9. The van der Waals surface area contributed by atoms with Gasteiger partial charge in [-0.3, -0.25) is 0 Å². The zero-order chi connectivity index (χ0) is 14.5. The van der Waals surface area contributed by atoms with Gasteiger partial charge in [0.2, 0.25) is 0 Å². The number of hydrogen-bond donors (Lipinski definition) is 1. The van der Waals surface area contributed by atoms with Gasteiger partial charge in [0.1, 0.15) is 0 Å². The molecule has 1 heteroatoms. The van der Waals surface area contributed by atoms with Crippen molar-refractivity contribution in [3.05, 3.63) is 57.8 Å². The maximum Gasteiger partial charge on any atom is 0.0326 e. The fourth-order valence-corrected chi connectivity index (χ4v) is 3.43. The van der Waals surface area contributed by atoms with E-state index in [9.17, 15) is 0 Å². The summed E-state index contributed by atoms with van der Waals surface area (Å²) < 4.78 is 0. The highest BCUT2D eigenvalue weighted by Crippen LogP contribution is 2.52. The molecule has 0 radical (unpaired) electrons. The van der Waals surface area contributed by atoms with Crippen molar-refractivity contribution in [2.75, 3.05) is 0 Å². The van der Waals surface area contributed by atoms with Gasteiger partial charge in [-0.25, -0.2) is 0 Å². The van der Waals surface area contributed by atoms with E-state index in [2.05, 4.69) is 58.0 Å². The number of benzene rings is 1. The van der Waals surface area contributed by atoms with E-state index < -0.39 is 0 Å². The van der Waals surface area contributed by atoms with Gasteiger partial charge >= 0.3 is 0 Å². The lowest BCUT2D eigenvalue weighted by atomic mass is 9.70. The van der Waals surface area contributed by atoms with Gasteiger partial charge in [-0.1, -0.05) is 32.0 Å². The molecule has 0 amide bonds. The molecule has 3 rings (SSSR count). The number of allylic oxidation sites excluding steroid dienone is 4. The molecular weight excluding hydrogens is 242 g/mol. The van der Waals surface area contributed by atoms with Gasteiger partial charge in [0.15, 0.2) is 0 Å². The van der Waals surface area contributed by atoms with Crippen LogP contribution in [0.3, 0.4) is 0 Å². The first-order valence-corrected chi connectivity index (χ1v) is 7.55. The third-order valence-corrected chi connectivity index (χ3v) is 5.09. The van der Waals surface area contributed by atoms with Gasteiger partial charge in [-0.15, -0.1) is 0 Å². The lowest BCUT2D eigenvalue weighted by Crippen LogP contribution is -2.29. The molecule has 1 aromatic carbocycles. The predicted molar refractivity (Wildman–Crippen MR) is 87.1 cm³/mol. The van der Waals surface area contributed by atoms with E-state index in [1.165, 1.54) is 33.4 Å². The van der Waals surface area contributed by atoms with Crippen molar-refractivity contribution in [3.8, 4) is 0 Å². The zero-order valence-electron chi connectivity index (χ0n) is 12.9. The molecule has 0 saturated heterocycles. The van der Waals surface area contributed by atoms with Crippen molar-refractivity contribution in [1.29, 1.82) is 0 Å². The van der Waals surface area contributed by atoms with Crippen molar-refractivity contribution in [2.24, 2.45) is 11.1 Å². The van der Waals surface area contributed by atoms with Crippen LogP contribution in [0.1, 0.15) is 50.8 Å². The normalized spacial score (nSPS) is 24.2. The average molecular weight is 265 g/mol. The van der Waals surface area contributed by atoms with Crippen LogP contribution in [0.5, 0.6) is 0 Å². The molecule has 0 aromatic heterocycles. The monoisotopic (exact) mass is 265 g/mol. The smallest absolute Gasteiger partial charge is 0.0326 e. The Morgan fingerprint density at radius 1 is 1.15 bits per heavy atom. The summed E-state index contributed by atoms with van der Waals surface area (Å²) in [5, 5.41) is 0. The van der Waals surface area contributed by atoms with Crippen LogP contribution in [0.2, 0.25) is 0 Å². The summed E-state index contributed by atoms with van der Waals surface area (Å²) >= 11 is 0. The second-order valence-corrected chi connectivity index (χ2v) is 6.17. The summed E-state index contributed by atoms with van der Waals surface area (Å²) in [6.45, 7) is 8.84. The fraction of sp³-hybridized carbons (Fsp3) is 0.368. The van der Waals surface area contributed by atoms with Gasteiger partial charge in [0.25, 0.3) is 0 Å². The van der Waals surface area contributed by atoms with Crippen molar-refractivity contribution >= 4 is 11.6 Å². The molecule has 0 fully saturated rings. The molecule has 1 aromatic rings. The molecule has 1 atom stereocenters. The van der Waals surface area contributed by atoms with E-state index in [1.807, 2.05) is 0 Å². The Labute approximate surface area is 121 Å². The van der Waals surface area contributed by atoms with E-state index in [0.717, 1.165) is 18.5 Å². The third kappa shape index (κ3) is 1.62. The van der Waals surface area contributed by atoms with E-state index in [0.29, 0.717) is 0 Å². The molecule has 20 heavy (non-hydrogen) atoms. The van der Waals surface area contributed by atoms with Crippen LogP contribution in [0.15, 0.2) is 41.1 Å². The SMILES string of the molecule is CCc1ccc2c(c1)C1=CC(C)=C(N)C(C)(CC)C1=C2. The van der Waals surface area contributed by atoms with E-state index in [4.69, 9.17) is 5.73 Å². The van der Waals surface area contributed by atoms with Crippen LogP contribution in [0, 0.1) is 5.41 Å². The summed E-state index contributed by atoms with van der Waals surface area (Å²) in [6, 6.07) is 6.83. The second kappa shape index (κ2) is 4.37. The summed E-state index contributed by atoms with van der Waals surface area (Å²) in [5.41, 5.74) is 15.5. The molecule has 2 aliphatic carbocycles. The molecule has 2 N–H and O–H groups in total. The molecule has 0 aliphatic heterocycles. The minimum Gasteiger partial charge on any atom is -0.401 e. The number of aryl methyl sites for hydroxylation is 1.